The first-order valence-electron chi connectivity index (χ1n) is 6.42. The summed E-state index contributed by atoms with van der Waals surface area (Å²) >= 11 is 0. The fourth-order valence-corrected chi connectivity index (χ4v) is 2.32. The summed E-state index contributed by atoms with van der Waals surface area (Å²) in [6, 6.07) is 6.36. The van der Waals surface area contributed by atoms with Gasteiger partial charge in [0.25, 0.3) is 0 Å². The molecule has 1 saturated heterocycles. The Morgan fingerprint density at radius 1 is 1.44 bits per heavy atom. The van der Waals surface area contributed by atoms with Crippen molar-refractivity contribution in [2.24, 2.45) is 0 Å². The molecule has 0 radical (unpaired) electrons. The van der Waals surface area contributed by atoms with Crippen LogP contribution in [0.1, 0.15) is 17.5 Å². The second-order valence-corrected chi connectivity index (χ2v) is 4.87. The number of hydrogen-bond acceptors (Lipinski definition) is 2. The van der Waals surface area contributed by atoms with E-state index in [1.165, 1.54) is 11.1 Å². The van der Waals surface area contributed by atoms with Crippen LogP contribution in [-0.2, 0) is 0 Å². The molecular weight excluding hydrogens is 226 g/mol. The summed E-state index contributed by atoms with van der Waals surface area (Å²) in [4.78, 5) is 13.9. The molecule has 0 aromatic heterocycles. The number of hydrogen-bond donors (Lipinski definition) is 2. The average Bonchev–Trinajstić information content (AvgIpc) is 2.71. The fraction of sp³-hybridized carbons (Fsp3) is 0.500. The Balaban J connectivity index is 2.14. The number of urea groups is 1. The zero-order chi connectivity index (χ0) is 13.1. The summed E-state index contributed by atoms with van der Waals surface area (Å²) < 4.78 is 0. The number of nitrogens with one attached hydrogen (secondary N) is 2. The van der Waals surface area contributed by atoms with Gasteiger partial charge in [0, 0.05) is 18.3 Å². The van der Waals surface area contributed by atoms with Crippen molar-refractivity contribution in [3.63, 3.8) is 0 Å². The topological polar surface area (TPSA) is 44.4 Å². The van der Waals surface area contributed by atoms with E-state index in [1.54, 1.807) is 0 Å². The minimum atomic E-state index is 0.0183. The Morgan fingerprint density at radius 2 is 2.22 bits per heavy atom. The lowest BCUT2D eigenvalue weighted by Crippen LogP contribution is -2.30. The number of benzene rings is 1. The van der Waals surface area contributed by atoms with Gasteiger partial charge in [-0.1, -0.05) is 12.1 Å². The third-order valence-corrected chi connectivity index (χ3v) is 3.59. The second-order valence-electron chi connectivity index (χ2n) is 4.87. The van der Waals surface area contributed by atoms with Gasteiger partial charge < -0.3 is 10.6 Å². The van der Waals surface area contributed by atoms with E-state index in [2.05, 4.69) is 30.5 Å². The maximum atomic E-state index is 12.0. The van der Waals surface area contributed by atoms with Gasteiger partial charge >= 0.3 is 6.03 Å². The summed E-state index contributed by atoms with van der Waals surface area (Å²) in [6.07, 6.45) is 0.962. The van der Waals surface area contributed by atoms with Crippen LogP contribution in [0, 0.1) is 13.8 Å². The summed E-state index contributed by atoms with van der Waals surface area (Å²) in [7, 11) is 1.93. The highest BCUT2D eigenvalue weighted by atomic mass is 16.2. The van der Waals surface area contributed by atoms with Crippen molar-refractivity contribution in [3.8, 4) is 0 Å². The summed E-state index contributed by atoms with van der Waals surface area (Å²) in [5.74, 6) is 0. The van der Waals surface area contributed by atoms with Gasteiger partial charge in [0.15, 0.2) is 0 Å². The van der Waals surface area contributed by atoms with Crippen molar-refractivity contribution < 1.29 is 4.79 Å². The lowest BCUT2D eigenvalue weighted by Gasteiger charge is -2.18. The number of aryl methyl sites for hydroxylation is 1. The van der Waals surface area contributed by atoms with Gasteiger partial charge in [-0.15, -0.1) is 0 Å². The third kappa shape index (κ3) is 2.48. The molecule has 1 aliphatic heterocycles. The molecule has 0 aliphatic carbocycles. The van der Waals surface area contributed by atoms with Crippen LogP contribution in [0.5, 0.6) is 0 Å². The molecule has 0 spiro atoms. The monoisotopic (exact) mass is 247 g/mol. The van der Waals surface area contributed by atoms with Crippen LogP contribution in [0.2, 0.25) is 0 Å². The maximum Gasteiger partial charge on any atom is 0.322 e. The van der Waals surface area contributed by atoms with E-state index >= 15 is 0 Å². The molecule has 4 heteroatoms. The average molecular weight is 247 g/mol. The highest BCUT2D eigenvalue weighted by Crippen LogP contribution is 2.25. The van der Waals surface area contributed by atoms with E-state index in [0.717, 1.165) is 25.2 Å². The van der Waals surface area contributed by atoms with E-state index in [0.29, 0.717) is 0 Å². The Kier molecular flexibility index (Phi) is 3.87. The molecule has 0 saturated carbocycles. The molecule has 1 aliphatic rings. The van der Waals surface area contributed by atoms with Crippen molar-refractivity contribution in [2.75, 3.05) is 25.0 Å². The first-order valence-corrected chi connectivity index (χ1v) is 6.42. The van der Waals surface area contributed by atoms with Gasteiger partial charge in [-0.25, -0.2) is 4.79 Å². The van der Waals surface area contributed by atoms with E-state index in [-0.39, 0.29) is 12.1 Å². The van der Waals surface area contributed by atoms with Gasteiger partial charge in [0.2, 0.25) is 0 Å². The number of amides is 2. The zero-order valence-corrected chi connectivity index (χ0v) is 11.3. The Hall–Kier alpha value is -1.55. The van der Waals surface area contributed by atoms with Gasteiger partial charge in [-0.3, -0.25) is 4.90 Å². The van der Waals surface area contributed by atoms with Crippen LogP contribution < -0.4 is 15.5 Å². The Labute approximate surface area is 108 Å². The smallest absolute Gasteiger partial charge is 0.322 e. The largest absolute Gasteiger partial charge is 0.333 e. The summed E-state index contributed by atoms with van der Waals surface area (Å²) in [5.41, 5.74) is 3.43. The molecule has 1 unspecified atom stereocenters. The van der Waals surface area contributed by atoms with Crippen molar-refractivity contribution in [2.45, 2.75) is 26.3 Å². The van der Waals surface area contributed by atoms with E-state index in [4.69, 9.17) is 0 Å². The summed E-state index contributed by atoms with van der Waals surface area (Å²) in [5, 5.41) is 6.15. The third-order valence-electron chi connectivity index (χ3n) is 3.59. The van der Waals surface area contributed by atoms with E-state index in [9.17, 15) is 4.79 Å². The highest BCUT2D eigenvalue weighted by Gasteiger charge is 2.30. The van der Waals surface area contributed by atoms with Gasteiger partial charge in [0.1, 0.15) is 0 Å². The molecular formula is C14H21N3O. The first-order chi connectivity index (χ1) is 8.63. The summed E-state index contributed by atoms with van der Waals surface area (Å²) in [6.45, 7) is 5.82. The standard InChI is InChI=1S/C14H21N3O/c1-10-5-4-6-13(11(10)2)17-9-12(7-8-15-3)16-14(17)18/h4-6,12,15H,7-9H2,1-3H3,(H,16,18). The predicted molar refractivity (Wildman–Crippen MR) is 74.1 cm³/mol. The van der Waals surface area contributed by atoms with Crippen molar-refractivity contribution in [1.82, 2.24) is 10.6 Å². The minimum absolute atomic E-state index is 0.0183. The Morgan fingerprint density at radius 3 is 2.94 bits per heavy atom. The molecule has 1 aromatic rings. The van der Waals surface area contributed by atoms with Gasteiger partial charge in [-0.2, -0.15) is 0 Å². The van der Waals surface area contributed by atoms with E-state index in [1.807, 2.05) is 24.1 Å². The number of carbonyl (C=O) groups excluding carboxylic acids is 1. The van der Waals surface area contributed by atoms with Gasteiger partial charge in [-0.05, 0) is 51.1 Å². The van der Waals surface area contributed by atoms with Crippen molar-refractivity contribution >= 4 is 11.7 Å². The molecule has 4 nitrogen and oxygen atoms in total. The van der Waals surface area contributed by atoms with Crippen LogP contribution in [0.3, 0.4) is 0 Å². The molecule has 98 valence electrons. The molecule has 1 aromatic carbocycles. The predicted octanol–water partition coefficient (Wildman–Crippen LogP) is 1.81. The van der Waals surface area contributed by atoms with Crippen LogP contribution in [0.15, 0.2) is 18.2 Å². The quantitative estimate of drug-likeness (QED) is 0.852. The molecule has 18 heavy (non-hydrogen) atoms. The number of nitrogens with zero attached hydrogens (tertiary/aromatic N) is 1. The van der Waals surface area contributed by atoms with E-state index < -0.39 is 0 Å². The van der Waals surface area contributed by atoms with Crippen LogP contribution in [0.4, 0.5) is 10.5 Å². The van der Waals surface area contributed by atoms with Crippen LogP contribution in [-0.4, -0.2) is 32.2 Å². The Bertz CT molecular complexity index is 445. The fourth-order valence-electron chi connectivity index (χ4n) is 2.32. The van der Waals surface area contributed by atoms with Crippen molar-refractivity contribution in [3.05, 3.63) is 29.3 Å². The molecule has 1 fully saturated rings. The number of rotatable bonds is 4. The molecule has 2 rings (SSSR count). The molecule has 1 atom stereocenters. The lowest BCUT2D eigenvalue weighted by atomic mass is 10.1. The molecule has 2 amide bonds. The number of anilines is 1. The molecule has 0 bridgehead atoms. The van der Waals surface area contributed by atoms with Crippen molar-refractivity contribution in [1.29, 1.82) is 0 Å². The van der Waals surface area contributed by atoms with Crippen LogP contribution in [0.25, 0.3) is 0 Å². The second kappa shape index (κ2) is 5.40. The molecule has 2 N–H and O–H groups in total. The van der Waals surface area contributed by atoms with Gasteiger partial charge in [0.05, 0.1) is 0 Å². The zero-order valence-electron chi connectivity index (χ0n) is 11.3. The van der Waals surface area contributed by atoms with Crippen LogP contribution >= 0.6 is 0 Å². The molecule has 1 heterocycles. The number of carbonyl (C=O) groups is 1. The first kappa shape index (κ1) is 12.9. The normalized spacial score (nSPS) is 19.2. The lowest BCUT2D eigenvalue weighted by molar-refractivity contribution is 0.250. The highest BCUT2D eigenvalue weighted by molar-refractivity contribution is 5.95. The maximum absolute atomic E-state index is 12.0. The SMILES string of the molecule is CNCCC1CN(c2cccc(C)c2C)C(=O)N1. The minimum Gasteiger partial charge on any atom is -0.333 e.